The molecule has 2 aromatic rings. The minimum absolute atomic E-state index is 0.172. The third kappa shape index (κ3) is 8.90. The number of rotatable bonds is 15. The molecule has 1 aliphatic carbocycles. The molecule has 0 saturated heterocycles. The number of carbonyl (C=O) groups excluding carboxylic acids is 1. The van der Waals surface area contributed by atoms with E-state index >= 15 is 0 Å². The SMILES string of the molecule is CCCCCCCCCCCCOc1ccc(C(=O)Oc2ccc(C3CC[CH]CC3)cc2)c(F)c1F. The van der Waals surface area contributed by atoms with Crippen molar-refractivity contribution in [3.8, 4) is 11.5 Å². The molecule has 0 heterocycles. The van der Waals surface area contributed by atoms with Crippen LogP contribution in [0.2, 0.25) is 0 Å². The molecule has 1 aliphatic rings. The highest BCUT2D eigenvalue weighted by molar-refractivity contribution is 5.91. The zero-order valence-corrected chi connectivity index (χ0v) is 21.7. The quantitative estimate of drug-likeness (QED) is 0.139. The van der Waals surface area contributed by atoms with Gasteiger partial charge in [0.25, 0.3) is 0 Å². The Hall–Kier alpha value is -2.43. The van der Waals surface area contributed by atoms with Crippen molar-refractivity contribution in [2.75, 3.05) is 6.61 Å². The van der Waals surface area contributed by atoms with Crippen LogP contribution in [0.4, 0.5) is 8.78 Å². The van der Waals surface area contributed by atoms with E-state index in [0.29, 0.717) is 18.3 Å². The molecule has 0 aromatic heterocycles. The molecule has 0 N–H and O–H groups in total. The molecule has 1 fully saturated rings. The van der Waals surface area contributed by atoms with Crippen LogP contribution >= 0.6 is 0 Å². The molecule has 3 rings (SSSR count). The van der Waals surface area contributed by atoms with Crippen molar-refractivity contribution >= 4 is 5.97 Å². The second-order valence-electron chi connectivity index (χ2n) is 9.87. The van der Waals surface area contributed by atoms with Crippen LogP contribution in [-0.2, 0) is 0 Å². The first-order valence-electron chi connectivity index (χ1n) is 13.8. The van der Waals surface area contributed by atoms with Gasteiger partial charge in [-0.05, 0) is 74.3 Å². The van der Waals surface area contributed by atoms with E-state index < -0.39 is 23.2 Å². The van der Waals surface area contributed by atoms with E-state index in [1.54, 1.807) is 12.1 Å². The lowest BCUT2D eigenvalue weighted by Crippen LogP contribution is -2.13. The van der Waals surface area contributed by atoms with Crippen LogP contribution in [0.25, 0.3) is 0 Å². The Bertz CT molecular complexity index is 920. The second-order valence-corrected chi connectivity index (χ2v) is 9.87. The van der Waals surface area contributed by atoms with Crippen LogP contribution in [0.5, 0.6) is 11.5 Å². The van der Waals surface area contributed by atoms with Gasteiger partial charge in [-0.15, -0.1) is 0 Å². The van der Waals surface area contributed by atoms with Crippen LogP contribution in [0.15, 0.2) is 36.4 Å². The maximum absolute atomic E-state index is 14.6. The van der Waals surface area contributed by atoms with Crippen LogP contribution in [-0.4, -0.2) is 12.6 Å². The molecule has 0 spiro atoms. The summed E-state index contributed by atoms with van der Waals surface area (Å²) in [5, 5.41) is 0. The van der Waals surface area contributed by atoms with Crippen LogP contribution in [0.3, 0.4) is 0 Å². The van der Waals surface area contributed by atoms with Gasteiger partial charge in [0, 0.05) is 0 Å². The Morgan fingerprint density at radius 3 is 2.06 bits per heavy atom. The number of esters is 1. The summed E-state index contributed by atoms with van der Waals surface area (Å²) in [5.41, 5.74) is 0.773. The van der Waals surface area contributed by atoms with Gasteiger partial charge >= 0.3 is 5.97 Å². The molecule has 1 radical (unpaired) electrons. The molecule has 2 aromatic carbocycles. The monoisotopic (exact) mass is 499 g/mol. The summed E-state index contributed by atoms with van der Waals surface area (Å²) in [5.74, 6) is -2.66. The van der Waals surface area contributed by atoms with E-state index in [0.717, 1.165) is 44.9 Å². The standard InChI is InChI=1S/C31H41F2O3/c1-2-3-4-5-6-7-8-9-10-14-23-35-28-22-21-27(29(32)30(28)33)31(34)36-26-19-17-25(18-20-26)24-15-12-11-13-16-24/h11,17-22,24H,2-10,12-16,23H2,1H3. The van der Waals surface area contributed by atoms with Gasteiger partial charge in [-0.1, -0.05) is 76.8 Å². The van der Waals surface area contributed by atoms with Crippen LogP contribution in [0.1, 0.15) is 119 Å². The zero-order valence-electron chi connectivity index (χ0n) is 21.7. The highest BCUT2D eigenvalue weighted by Crippen LogP contribution is 2.33. The minimum Gasteiger partial charge on any atom is -0.490 e. The fourth-order valence-electron chi connectivity index (χ4n) is 4.80. The molecule has 36 heavy (non-hydrogen) atoms. The van der Waals surface area contributed by atoms with E-state index in [1.807, 2.05) is 12.1 Å². The number of unbranched alkanes of at least 4 members (excludes halogenated alkanes) is 9. The molecule has 5 heteroatoms. The molecule has 1 saturated carbocycles. The zero-order chi connectivity index (χ0) is 25.6. The fraction of sp³-hybridized carbons (Fsp3) is 0.548. The molecule has 0 aliphatic heterocycles. The normalized spacial score (nSPS) is 14.1. The van der Waals surface area contributed by atoms with Crippen molar-refractivity contribution < 1.29 is 23.0 Å². The van der Waals surface area contributed by atoms with Gasteiger partial charge in [-0.25, -0.2) is 9.18 Å². The average molecular weight is 500 g/mol. The number of carbonyl (C=O) groups is 1. The van der Waals surface area contributed by atoms with E-state index in [-0.39, 0.29) is 5.75 Å². The Balaban J connectivity index is 1.40. The summed E-state index contributed by atoms with van der Waals surface area (Å²) in [4.78, 5) is 12.5. The topological polar surface area (TPSA) is 35.5 Å². The first-order valence-corrected chi connectivity index (χ1v) is 13.8. The Morgan fingerprint density at radius 2 is 1.42 bits per heavy atom. The molecule has 0 amide bonds. The van der Waals surface area contributed by atoms with E-state index in [1.165, 1.54) is 62.6 Å². The number of hydrogen-bond acceptors (Lipinski definition) is 3. The number of hydrogen-bond donors (Lipinski definition) is 0. The fourth-order valence-corrected chi connectivity index (χ4v) is 4.80. The first kappa shape index (κ1) is 28.1. The average Bonchev–Trinajstić information content (AvgIpc) is 2.90. The number of halogens is 2. The predicted octanol–water partition coefficient (Wildman–Crippen LogP) is 9.35. The lowest BCUT2D eigenvalue weighted by atomic mass is 9.84. The van der Waals surface area contributed by atoms with Crippen molar-refractivity contribution in [2.24, 2.45) is 0 Å². The summed E-state index contributed by atoms with van der Waals surface area (Å²) in [6, 6.07) is 9.84. The van der Waals surface area contributed by atoms with Gasteiger partial charge in [-0.2, -0.15) is 4.39 Å². The molecular formula is C31H41F2O3. The largest absolute Gasteiger partial charge is 0.490 e. The highest BCUT2D eigenvalue weighted by Gasteiger charge is 2.22. The van der Waals surface area contributed by atoms with Crippen LogP contribution in [0, 0.1) is 18.1 Å². The molecule has 0 bridgehead atoms. The maximum Gasteiger partial charge on any atom is 0.346 e. The Morgan fingerprint density at radius 1 is 0.806 bits per heavy atom. The van der Waals surface area contributed by atoms with Crippen molar-refractivity contribution in [2.45, 2.75) is 103 Å². The molecule has 3 nitrogen and oxygen atoms in total. The third-order valence-electron chi connectivity index (χ3n) is 7.02. The first-order chi connectivity index (χ1) is 17.6. The van der Waals surface area contributed by atoms with Gasteiger partial charge in [0.05, 0.1) is 12.2 Å². The number of ether oxygens (including phenoxy) is 2. The second kappa shape index (κ2) is 15.6. The lowest BCUT2D eigenvalue weighted by Gasteiger charge is -2.21. The summed E-state index contributed by atoms with van der Waals surface area (Å²) in [6.45, 7) is 2.55. The maximum atomic E-state index is 14.6. The highest BCUT2D eigenvalue weighted by atomic mass is 19.2. The number of benzene rings is 2. The van der Waals surface area contributed by atoms with Crippen molar-refractivity contribution in [1.82, 2.24) is 0 Å². The third-order valence-corrected chi connectivity index (χ3v) is 7.02. The summed E-state index contributed by atoms with van der Waals surface area (Å²) in [7, 11) is 0. The van der Waals surface area contributed by atoms with E-state index in [2.05, 4.69) is 13.3 Å². The molecular weight excluding hydrogens is 458 g/mol. The van der Waals surface area contributed by atoms with E-state index in [4.69, 9.17) is 9.47 Å². The molecule has 197 valence electrons. The summed E-state index contributed by atoms with van der Waals surface area (Å²) >= 11 is 0. The van der Waals surface area contributed by atoms with Gasteiger partial charge in [0.2, 0.25) is 5.82 Å². The van der Waals surface area contributed by atoms with Crippen molar-refractivity contribution in [1.29, 1.82) is 0 Å². The predicted molar refractivity (Wildman–Crippen MR) is 141 cm³/mol. The summed E-state index contributed by atoms with van der Waals surface area (Å²) in [6.07, 6.45) is 18.7. The smallest absolute Gasteiger partial charge is 0.346 e. The minimum atomic E-state index is -1.24. The van der Waals surface area contributed by atoms with Crippen molar-refractivity contribution in [3.63, 3.8) is 0 Å². The van der Waals surface area contributed by atoms with E-state index in [9.17, 15) is 13.6 Å². The van der Waals surface area contributed by atoms with Gasteiger partial charge < -0.3 is 9.47 Å². The molecule has 0 unspecified atom stereocenters. The van der Waals surface area contributed by atoms with Crippen LogP contribution < -0.4 is 9.47 Å². The lowest BCUT2D eigenvalue weighted by molar-refractivity contribution is 0.0728. The Kier molecular flexibility index (Phi) is 12.2. The van der Waals surface area contributed by atoms with Gasteiger partial charge in [-0.3, -0.25) is 0 Å². The summed E-state index contributed by atoms with van der Waals surface area (Å²) < 4.78 is 39.8. The van der Waals surface area contributed by atoms with Gasteiger partial charge in [0.15, 0.2) is 11.6 Å². The van der Waals surface area contributed by atoms with Gasteiger partial charge in [0.1, 0.15) is 5.75 Å². The molecule has 0 atom stereocenters. The van der Waals surface area contributed by atoms with Crippen molar-refractivity contribution in [3.05, 3.63) is 65.6 Å². The Labute approximate surface area is 215 Å².